The molecule has 4 heteroatoms. The number of ether oxygens (including phenoxy) is 1. The molecule has 2 rings (SSSR count). The van der Waals surface area contributed by atoms with Crippen molar-refractivity contribution < 1.29 is 9.53 Å². The highest BCUT2D eigenvalue weighted by Crippen LogP contribution is 2.29. The average Bonchev–Trinajstić information content (AvgIpc) is 2.48. The summed E-state index contributed by atoms with van der Waals surface area (Å²) in [6.45, 7) is 4.84. The fourth-order valence-corrected chi connectivity index (χ4v) is 3.11. The van der Waals surface area contributed by atoms with Crippen LogP contribution in [0, 0.1) is 5.92 Å². The molecule has 1 aliphatic carbocycles. The maximum Gasteiger partial charge on any atom is 0.220 e. The summed E-state index contributed by atoms with van der Waals surface area (Å²) in [6.07, 6.45) is 3.81. The minimum Gasteiger partial charge on any atom is -0.494 e. The zero-order valence-corrected chi connectivity index (χ0v) is 13.0. The molecule has 116 valence electrons. The van der Waals surface area contributed by atoms with Gasteiger partial charge in [-0.2, -0.15) is 0 Å². The van der Waals surface area contributed by atoms with Crippen LogP contribution in [-0.2, 0) is 4.79 Å². The number of hydrogen-bond acceptors (Lipinski definition) is 3. The molecule has 1 fully saturated rings. The number of carbonyl (C=O) groups excluding carboxylic acids is 1. The number of rotatable bonds is 6. The van der Waals surface area contributed by atoms with Gasteiger partial charge in [-0.25, -0.2) is 0 Å². The average molecular weight is 290 g/mol. The van der Waals surface area contributed by atoms with Gasteiger partial charge in [-0.15, -0.1) is 0 Å². The van der Waals surface area contributed by atoms with Crippen molar-refractivity contribution in [2.75, 3.05) is 6.61 Å². The Balaban J connectivity index is 1.93. The van der Waals surface area contributed by atoms with Crippen LogP contribution in [0.5, 0.6) is 5.75 Å². The number of para-hydroxylation sites is 1. The highest BCUT2D eigenvalue weighted by atomic mass is 16.5. The van der Waals surface area contributed by atoms with Crippen molar-refractivity contribution >= 4 is 5.91 Å². The zero-order valence-electron chi connectivity index (χ0n) is 13.0. The summed E-state index contributed by atoms with van der Waals surface area (Å²) < 4.78 is 5.69. The predicted molar refractivity (Wildman–Crippen MR) is 84.1 cm³/mol. The molecule has 0 radical (unpaired) electrons. The Kier molecular flexibility index (Phi) is 5.62. The van der Waals surface area contributed by atoms with Gasteiger partial charge in [0, 0.05) is 23.6 Å². The number of nitrogens with one attached hydrogen (secondary N) is 1. The van der Waals surface area contributed by atoms with Gasteiger partial charge in [-0.05, 0) is 45.6 Å². The van der Waals surface area contributed by atoms with E-state index in [4.69, 9.17) is 10.5 Å². The van der Waals surface area contributed by atoms with E-state index >= 15 is 0 Å². The third-order valence-electron chi connectivity index (χ3n) is 4.30. The van der Waals surface area contributed by atoms with Gasteiger partial charge in [0.1, 0.15) is 5.75 Å². The lowest BCUT2D eigenvalue weighted by atomic mass is 9.85. The summed E-state index contributed by atoms with van der Waals surface area (Å²) in [5, 5.41) is 3.66. The maximum atomic E-state index is 11.2. The first kappa shape index (κ1) is 15.8. The lowest BCUT2D eigenvalue weighted by Crippen LogP contribution is -2.37. The topological polar surface area (TPSA) is 64.3 Å². The molecule has 3 N–H and O–H groups in total. The first-order valence-electron chi connectivity index (χ1n) is 7.89. The summed E-state index contributed by atoms with van der Waals surface area (Å²) in [5.41, 5.74) is 6.57. The highest BCUT2D eigenvalue weighted by Gasteiger charge is 2.26. The Morgan fingerprint density at radius 3 is 2.62 bits per heavy atom. The number of amides is 1. The number of nitrogens with two attached hydrogens (primary N) is 1. The number of hydrogen-bond donors (Lipinski definition) is 2. The second-order valence-corrected chi connectivity index (χ2v) is 5.81. The van der Waals surface area contributed by atoms with E-state index in [0.717, 1.165) is 31.4 Å². The van der Waals surface area contributed by atoms with E-state index in [1.165, 1.54) is 5.56 Å². The van der Waals surface area contributed by atoms with Gasteiger partial charge in [0.25, 0.3) is 0 Å². The lowest BCUT2D eigenvalue weighted by molar-refractivity contribution is -0.122. The van der Waals surface area contributed by atoms with Crippen LogP contribution in [0.2, 0.25) is 0 Å². The number of benzene rings is 1. The molecule has 1 aromatic carbocycles. The Morgan fingerprint density at radius 2 is 2.00 bits per heavy atom. The quantitative estimate of drug-likeness (QED) is 0.846. The van der Waals surface area contributed by atoms with Gasteiger partial charge in [0.15, 0.2) is 0 Å². The van der Waals surface area contributed by atoms with Crippen LogP contribution in [0.3, 0.4) is 0 Å². The van der Waals surface area contributed by atoms with Crippen molar-refractivity contribution in [1.29, 1.82) is 0 Å². The Hall–Kier alpha value is -1.55. The lowest BCUT2D eigenvalue weighted by Gasteiger charge is -2.30. The molecular weight excluding hydrogens is 264 g/mol. The Labute approximate surface area is 127 Å². The Bertz CT molecular complexity index is 468. The van der Waals surface area contributed by atoms with Crippen molar-refractivity contribution in [3.05, 3.63) is 29.8 Å². The largest absolute Gasteiger partial charge is 0.494 e. The van der Waals surface area contributed by atoms with Gasteiger partial charge < -0.3 is 15.8 Å². The van der Waals surface area contributed by atoms with E-state index in [9.17, 15) is 4.79 Å². The van der Waals surface area contributed by atoms with Gasteiger partial charge in [-0.3, -0.25) is 4.79 Å². The van der Waals surface area contributed by atoms with Crippen molar-refractivity contribution in [2.45, 2.75) is 51.6 Å². The zero-order chi connectivity index (χ0) is 15.2. The van der Waals surface area contributed by atoms with E-state index in [0.29, 0.717) is 12.6 Å². The summed E-state index contributed by atoms with van der Waals surface area (Å²) in [5.74, 6) is 0.864. The summed E-state index contributed by atoms with van der Waals surface area (Å²) in [4.78, 5) is 11.2. The van der Waals surface area contributed by atoms with Crippen LogP contribution in [0.4, 0.5) is 0 Å². The first-order valence-corrected chi connectivity index (χ1v) is 7.89. The third kappa shape index (κ3) is 4.21. The molecule has 0 saturated heterocycles. The van der Waals surface area contributed by atoms with Gasteiger partial charge >= 0.3 is 0 Å². The Morgan fingerprint density at radius 1 is 1.33 bits per heavy atom. The summed E-state index contributed by atoms with van der Waals surface area (Å²) in [6, 6.07) is 8.85. The summed E-state index contributed by atoms with van der Waals surface area (Å²) >= 11 is 0. The van der Waals surface area contributed by atoms with Gasteiger partial charge in [0.2, 0.25) is 5.91 Å². The molecule has 4 nitrogen and oxygen atoms in total. The molecule has 0 heterocycles. The minimum absolute atomic E-state index is 0.0640. The standard InChI is InChI=1S/C17H26N2O2/c1-3-21-16-7-5-4-6-15(16)12(2)19-14-10-8-13(9-11-14)17(18)20/h4-7,12-14,19H,3,8-11H2,1-2H3,(H2,18,20). The molecule has 1 unspecified atom stereocenters. The molecule has 0 aromatic heterocycles. The van der Waals surface area contributed by atoms with Crippen molar-refractivity contribution in [3.8, 4) is 5.75 Å². The maximum absolute atomic E-state index is 11.2. The smallest absolute Gasteiger partial charge is 0.220 e. The fourth-order valence-electron chi connectivity index (χ4n) is 3.11. The molecule has 1 aliphatic rings. The predicted octanol–water partition coefficient (Wildman–Crippen LogP) is 2.78. The second-order valence-electron chi connectivity index (χ2n) is 5.81. The highest BCUT2D eigenvalue weighted by molar-refractivity contribution is 5.76. The van der Waals surface area contributed by atoms with Crippen molar-refractivity contribution in [1.82, 2.24) is 5.32 Å². The summed E-state index contributed by atoms with van der Waals surface area (Å²) in [7, 11) is 0. The van der Waals surface area contributed by atoms with Crippen LogP contribution in [0.15, 0.2) is 24.3 Å². The molecular formula is C17H26N2O2. The monoisotopic (exact) mass is 290 g/mol. The van der Waals surface area contributed by atoms with E-state index in [-0.39, 0.29) is 17.9 Å². The van der Waals surface area contributed by atoms with E-state index in [1.807, 2.05) is 25.1 Å². The van der Waals surface area contributed by atoms with E-state index in [2.05, 4.69) is 18.3 Å². The number of carbonyl (C=O) groups is 1. The molecule has 1 amide bonds. The van der Waals surface area contributed by atoms with E-state index in [1.54, 1.807) is 0 Å². The second kappa shape index (κ2) is 7.46. The van der Waals surface area contributed by atoms with Crippen molar-refractivity contribution in [3.63, 3.8) is 0 Å². The van der Waals surface area contributed by atoms with Gasteiger partial charge in [0.05, 0.1) is 6.61 Å². The molecule has 1 saturated carbocycles. The first-order chi connectivity index (χ1) is 10.1. The van der Waals surface area contributed by atoms with Crippen molar-refractivity contribution in [2.24, 2.45) is 11.7 Å². The van der Waals surface area contributed by atoms with Crippen LogP contribution < -0.4 is 15.8 Å². The van der Waals surface area contributed by atoms with Crippen LogP contribution in [0.1, 0.15) is 51.1 Å². The van der Waals surface area contributed by atoms with Crippen LogP contribution in [0.25, 0.3) is 0 Å². The minimum atomic E-state index is -0.150. The molecule has 0 aliphatic heterocycles. The third-order valence-corrected chi connectivity index (χ3v) is 4.30. The molecule has 0 bridgehead atoms. The van der Waals surface area contributed by atoms with Crippen LogP contribution >= 0.6 is 0 Å². The SMILES string of the molecule is CCOc1ccccc1C(C)NC1CCC(C(N)=O)CC1. The number of primary amides is 1. The normalized spacial score (nSPS) is 23.5. The fraction of sp³-hybridized carbons (Fsp3) is 0.588. The molecule has 0 spiro atoms. The van der Waals surface area contributed by atoms with Gasteiger partial charge in [-0.1, -0.05) is 18.2 Å². The van der Waals surface area contributed by atoms with Crippen LogP contribution in [-0.4, -0.2) is 18.6 Å². The molecule has 1 aromatic rings. The van der Waals surface area contributed by atoms with E-state index < -0.39 is 0 Å². The molecule has 21 heavy (non-hydrogen) atoms. The molecule has 1 atom stereocenters.